The maximum Gasteiger partial charge on any atom is 0.409 e. The van der Waals surface area contributed by atoms with Crippen LogP contribution in [0.5, 0.6) is 0 Å². The molecule has 11 nitrogen and oxygen atoms in total. The van der Waals surface area contributed by atoms with Crippen molar-refractivity contribution in [3.05, 3.63) is 66.8 Å². The Bertz CT molecular complexity index is 1300. The van der Waals surface area contributed by atoms with Gasteiger partial charge in [0, 0.05) is 43.7 Å². The lowest BCUT2D eigenvalue weighted by Crippen LogP contribution is -2.56. The third kappa shape index (κ3) is 7.01. The highest BCUT2D eigenvalue weighted by molar-refractivity contribution is 5.97. The summed E-state index contributed by atoms with van der Waals surface area (Å²) in [5.74, 6) is -2.10. The fourth-order valence-electron chi connectivity index (χ4n) is 4.30. The van der Waals surface area contributed by atoms with Crippen LogP contribution in [-0.2, 0) is 14.3 Å². The molecule has 1 aliphatic rings. The monoisotopic (exact) mass is 534 g/mol. The SMILES string of the molecule is CCOC(=O)N1CCN(C(=O)[C@H](CCC(=O)O)NC(=O)c2cc(-c3ccoc3)cc(-c3ccccc3)n2)CC1. The zero-order valence-corrected chi connectivity index (χ0v) is 21.5. The van der Waals surface area contributed by atoms with Crippen molar-refractivity contribution in [3.63, 3.8) is 0 Å². The molecule has 2 aromatic heterocycles. The molecule has 1 saturated heterocycles. The van der Waals surface area contributed by atoms with Gasteiger partial charge in [0.2, 0.25) is 5.91 Å². The molecule has 1 aromatic carbocycles. The first kappa shape index (κ1) is 27.4. The van der Waals surface area contributed by atoms with E-state index in [2.05, 4.69) is 10.3 Å². The fourth-order valence-corrected chi connectivity index (χ4v) is 4.30. The molecule has 0 radical (unpaired) electrons. The summed E-state index contributed by atoms with van der Waals surface area (Å²) in [6.07, 6.45) is 2.24. The number of aliphatic carboxylic acids is 1. The zero-order chi connectivity index (χ0) is 27.8. The number of nitrogens with one attached hydrogen (secondary N) is 1. The number of hydrogen-bond donors (Lipinski definition) is 2. The van der Waals surface area contributed by atoms with Crippen molar-refractivity contribution in [2.75, 3.05) is 32.8 Å². The fraction of sp³-hybridized carbons (Fsp3) is 0.321. The molecule has 2 N–H and O–H groups in total. The summed E-state index contributed by atoms with van der Waals surface area (Å²) < 4.78 is 10.2. The molecule has 1 atom stereocenters. The minimum absolute atomic E-state index is 0.0767. The summed E-state index contributed by atoms with van der Waals surface area (Å²) in [7, 11) is 0. The van der Waals surface area contributed by atoms with Crippen LogP contribution in [0.1, 0.15) is 30.3 Å². The number of ether oxygens (including phenoxy) is 1. The van der Waals surface area contributed by atoms with Gasteiger partial charge in [0.25, 0.3) is 5.91 Å². The van der Waals surface area contributed by atoms with E-state index < -0.39 is 29.9 Å². The summed E-state index contributed by atoms with van der Waals surface area (Å²) in [6, 6.07) is 13.5. The number of rotatable bonds is 9. The number of amides is 3. The Labute approximate surface area is 225 Å². The molecular weight excluding hydrogens is 504 g/mol. The molecule has 0 spiro atoms. The quantitative estimate of drug-likeness (QED) is 0.426. The van der Waals surface area contributed by atoms with Crippen LogP contribution < -0.4 is 5.32 Å². The van der Waals surface area contributed by atoms with Gasteiger partial charge in [-0.2, -0.15) is 0 Å². The molecule has 204 valence electrons. The summed E-state index contributed by atoms with van der Waals surface area (Å²) in [6.45, 7) is 3.00. The van der Waals surface area contributed by atoms with Crippen LogP contribution in [0.2, 0.25) is 0 Å². The predicted octanol–water partition coefficient (Wildman–Crippen LogP) is 3.27. The van der Waals surface area contributed by atoms with Crippen LogP contribution in [-0.4, -0.2) is 82.6 Å². The number of carboxylic acids is 1. The van der Waals surface area contributed by atoms with Gasteiger partial charge in [0.15, 0.2) is 0 Å². The van der Waals surface area contributed by atoms with Gasteiger partial charge in [-0.25, -0.2) is 9.78 Å². The highest BCUT2D eigenvalue weighted by atomic mass is 16.6. The Morgan fingerprint density at radius 1 is 1.00 bits per heavy atom. The second-order valence-corrected chi connectivity index (χ2v) is 8.97. The number of carbonyl (C=O) groups excluding carboxylic acids is 3. The molecule has 3 aromatic rings. The molecule has 0 saturated carbocycles. The van der Waals surface area contributed by atoms with Gasteiger partial charge in [-0.3, -0.25) is 14.4 Å². The number of carboxylic acid groups (broad SMARTS) is 1. The lowest BCUT2D eigenvalue weighted by molar-refractivity contribution is -0.138. The standard InChI is InChI=1S/C28H30N4O7/c1-2-39-28(37)32-13-11-31(12-14-32)27(36)22(8-9-25(33)34)30-26(35)24-17-21(20-10-15-38-18-20)16-23(29-24)19-6-4-3-5-7-19/h3-7,10,15-18,22H,2,8-9,11-14H2,1H3,(H,30,35)(H,33,34)/t22-/m0/s1. The highest BCUT2D eigenvalue weighted by Gasteiger charge is 2.31. The van der Waals surface area contributed by atoms with Gasteiger partial charge in [0.1, 0.15) is 11.7 Å². The van der Waals surface area contributed by atoms with Gasteiger partial charge in [-0.15, -0.1) is 0 Å². The van der Waals surface area contributed by atoms with Gasteiger partial charge < -0.3 is 29.4 Å². The van der Waals surface area contributed by atoms with Crippen LogP contribution in [0, 0.1) is 0 Å². The van der Waals surface area contributed by atoms with E-state index >= 15 is 0 Å². The van der Waals surface area contributed by atoms with E-state index in [1.165, 1.54) is 16.1 Å². The van der Waals surface area contributed by atoms with E-state index in [-0.39, 0.29) is 51.3 Å². The Hall–Kier alpha value is -4.67. The van der Waals surface area contributed by atoms with Crippen molar-refractivity contribution < 1.29 is 33.4 Å². The van der Waals surface area contributed by atoms with Crippen LogP contribution >= 0.6 is 0 Å². The number of nitrogens with zero attached hydrogens (tertiary/aromatic N) is 3. The second kappa shape index (κ2) is 12.7. The summed E-state index contributed by atoms with van der Waals surface area (Å²) in [4.78, 5) is 57.7. The summed E-state index contributed by atoms with van der Waals surface area (Å²) in [5, 5.41) is 11.9. The maximum absolute atomic E-state index is 13.4. The molecule has 11 heteroatoms. The van der Waals surface area contributed by atoms with Crippen molar-refractivity contribution in [1.82, 2.24) is 20.1 Å². The van der Waals surface area contributed by atoms with E-state index in [9.17, 15) is 24.3 Å². The normalized spacial score (nSPS) is 14.0. The Balaban J connectivity index is 1.55. The van der Waals surface area contributed by atoms with Crippen LogP contribution in [0.3, 0.4) is 0 Å². The minimum atomic E-state index is -1.08. The number of aromatic nitrogens is 1. The molecule has 0 unspecified atom stereocenters. The highest BCUT2D eigenvalue weighted by Crippen LogP contribution is 2.26. The molecular formula is C28H30N4O7. The summed E-state index contributed by atoms with van der Waals surface area (Å²) >= 11 is 0. The average molecular weight is 535 g/mol. The smallest absolute Gasteiger partial charge is 0.409 e. The largest absolute Gasteiger partial charge is 0.481 e. The van der Waals surface area contributed by atoms with E-state index in [1.54, 1.807) is 25.3 Å². The number of piperazine rings is 1. The third-order valence-corrected chi connectivity index (χ3v) is 6.35. The Morgan fingerprint density at radius 2 is 1.72 bits per heavy atom. The molecule has 4 rings (SSSR count). The Morgan fingerprint density at radius 3 is 2.36 bits per heavy atom. The van der Waals surface area contributed by atoms with Crippen molar-refractivity contribution in [2.24, 2.45) is 0 Å². The van der Waals surface area contributed by atoms with Gasteiger partial charge in [-0.05, 0) is 37.1 Å². The van der Waals surface area contributed by atoms with E-state index in [0.29, 0.717) is 11.3 Å². The molecule has 1 aliphatic heterocycles. The van der Waals surface area contributed by atoms with Crippen molar-refractivity contribution in [3.8, 4) is 22.4 Å². The first-order valence-corrected chi connectivity index (χ1v) is 12.7. The number of pyridine rings is 1. The lowest BCUT2D eigenvalue weighted by atomic mass is 10.0. The zero-order valence-electron chi connectivity index (χ0n) is 21.5. The molecule has 3 heterocycles. The minimum Gasteiger partial charge on any atom is -0.481 e. The van der Waals surface area contributed by atoms with Crippen LogP contribution in [0.15, 0.2) is 65.5 Å². The summed E-state index contributed by atoms with van der Waals surface area (Å²) in [5.41, 5.74) is 2.89. The maximum atomic E-state index is 13.4. The van der Waals surface area contributed by atoms with E-state index in [1.807, 2.05) is 36.4 Å². The second-order valence-electron chi connectivity index (χ2n) is 8.97. The van der Waals surface area contributed by atoms with Gasteiger partial charge in [0.05, 0.1) is 24.8 Å². The number of furan rings is 1. The van der Waals surface area contributed by atoms with Crippen molar-refractivity contribution in [1.29, 1.82) is 0 Å². The molecule has 0 aliphatic carbocycles. The van der Waals surface area contributed by atoms with Crippen molar-refractivity contribution in [2.45, 2.75) is 25.8 Å². The topological polar surface area (TPSA) is 142 Å². The first-order valence-electron chi connectivity index (χ1n) is 12.7. The molecule has 3 amide bonds. The first-order chi connectivity index (χ1) is 18.9. The van der Waals surface area contributed by atoms with E-state index in [4.69, 9.17) is 9.15 Å². The van der Waals surface area contributed by atoms with E-state index in [0.717, 1.165) is 11.1 Å². The molecule has 39 heavy (non-hydrogen) atoms. The van der Waals surface area contributed by atoms with Crippen LogP contribution in [0.25, 0.3) is 22.4 Å². The number of benzene rings is 1. The van der Waals surface area contributed by atoms with Crippen molar-refractivity contribution >= 4 is 23.9 Å². The average Bonchev–Trinajstić information content (AvgIpc) is 3.50. The van der Waals surface area contributed by atoms with Crippen LogP contribution in [0.4, 0.5) is 4.79 Å². The number of carbonyl (C=O) groups is 4. The van der Waals surface area contributed by atoms with Gasteiger partial charge in [-0.1, -0.05) is 30.3 Å². The Kier molecular flexibility index (Phi) is 8.93. The van der Waals surface area contributed by atoms with Gasteiger partial charge >= 0.3 is 12.1 Å². The third-order valence-electron chi connectivity index (χ3n) is 6.35. The predicted molar refractivity (Wildman–Crippen MR) is 141 cm³/mol. The lowest BCUT2D eigenvalue weighted by Gasteiger charge is -2.35. The number of hydrogen-bond acceptors (Lipinski definition) is 7. The molecule has 0 bridgehead atoms. The molecule has 1 fully saturated rings.